The Labute approximate surface area is 109 Å². The third kappa shape index (κ3) is 4.00. The summed E-state index contributed by atoms with van der Waals surface area (Å²) in [4.78, 5) is 11.4. The van der Waals surface area contributed by atoms with Crippen molar-refractivity contribution in [2.45, 2.75) is 13.0 Å². The largest absolute Gasteiger partial charge is 0.497 e. The number of hydrogen-bond donors (Lipinski definition) is 2. The van der Waals surface area contributed by atoms with Crippen molar-refractivity contribution in [3.8, 4) is 5.75 Å². The molecule has 0 saturated carbocycles. The molecule has 0 unspecified atom stereocenters. The first-order valence-electron chi connectivity index (χ1n) is 4.44. The van der Waals surface area contributed by atoms with Gasteiger partial charge in [0.05, 0.1) is 18.8 Å². The molecule has 1 aromatic rings. The van der Waals surface area contributed by atoms with Gasteiger partial charge in [0.2, 0.25) is 5.91 Å². The summed E-state index contributed by atoms with van der Waals surface area (Å²) < 4.78 is 5.84. The minimum atomic E-state index is -0.539. The van der Waals surface area contributed by atoms with Gasteiger partial charge in [0, 0.05) is 10.5 Å². The van der Waals surface area contributed by atoms with Crippen LogP contribution in [0.25, 0.3) is 0 Å². The van der Waals surface area contributed by atoms with Gasteiger partial charge in [-0.1, -0.05) is 0 Å². The molecule has 1 atom stereocenters. The highest BCUT2D eigenvalue weighted by molar-refractivity contribution is 9.10. The lowest BCUT2D eigenvalue weighted by atomic mass is 10.2. The van der Waals surface area contributed by atoms with E-state index in [4.69, 9.17) is 10.5 Å². The number of ether oxygens (including phenoxy) is 1. The van der Waals surface area contributed by atoms with Crippen molar-refractivity contribution in [3.05, 3.63) is 22.7 Å². The Morgan fingerprint density at radius 2 is 2.19 bits per heavy atom. The van der Waals surface area contributed by atoms with Gasteiger partial charge in [0.15, 0.2) is 0 Å². The number of hydrogen-bond acceptors (Lipinski definition) is 3. The molecule has 1 amide bonds. The van der Waals surface area contributed by atoms with Gasteiger partial charge < -0.3 is 15.8 Å². The Morgan fingerprint density at radius 1 is 1.56 bits per heavy atom. The minimum absolute atomic E-state index is 0. The molecule has 0 radical (unpaired) electrons. The molecule has 16 heavy (non-hydrogen) atoms. The van der Waals surface area contributed by atoms with Gasteiger partial charge in [0.25, 0.3) is 0 Å². The topological polar surface area (TPSA) is 64.3 Å². The highest BCUT2D eigenvalue weighted by Crippen LogP contribution is 2.27. The summed E-state index contributed by atoms with van der Waals surface area (Å²) in [5.41, 5.74) is 6.10. The van der Waals surface area contributed by atoms with E-state index in [1.807, 2.05) is 0 Å². The Hall–Kier alpha value is -0.780. The molecule has 4 nitrogen and oxygen atoms in total. The van der Waals surface area contributed by atoms with Crippen molar-refractivity contribution >= 4 is 39.9 Å². The van der Waals surface area contributed by atoms with Crippen LogP contribution in [-0.4, -0.2) is 19.1 Å². The van der Waals surface area contributed by atoms with Crippen LogP contribution in [0.1, 0.15) is 6.92 Å². The summed E-state index contributed by atoms with van der Waals surface area (Å²) in [6, 6.07) is 4.79. The number of nitrogens with two attached hydrogens (primary N) is 1. The minimum Gasteiger partial charge on any atom is -0.497 e. The third-order valence-corrected chi connectivity index (χ3v) is 2.54. The Bertz CT molecular complexity index is 372. The number of methoxy groups -OCH3 is 1. The molecule has 0 saturated heterocycles. The summed E-state index contributed by atoms with van der Waals surface area (Å²) in [5, 5.41) is 2.69. The zero-order valence-corrected chi connectivity index (χ0v) is 11.4. The number of anilines is 1. The highest BCUT2D eigenvalue weighted by Gasteiger charge is 2.10. The van der Waals surface area contributed by atoms with Crippen molar-refractivity contribution in [3.63, 3.8) is 0 Å². The van der Waals surface area contributed by atoms with Gasteiger partial charge in [-0.2, -0.15) is 0 Å². The van der Waals surface area contributed by atoms with Crippen LogP contribution in [0.4, 0.5) is 5.69 Å². The van der Waals surface area contributed by atoms with Gasteiger partial charge in [-0.3, -0.25) is 4.79 Å². The van der Waals surface area contributed by atoms with E-state index in [2.05, 4.69) is 21.2 Å². The fraction of sp³-hybridized carbons (Fsp3) is 0.300. The molecule has 0 aliphatic rings. The predicted molar refractivity (Wildman–Crippen MR) is 70.2 cm³/mol. The molecule has 0 aromatic heterocycles. The summed E-state index contributed by atoms with van der Waals surface area (Å²) in [7, 11) is 1.57. The molecule has 3 N–H and O–H groups in total. The number of carbonyl (C=O) groups excluding carboxylic acids is 1. The van der Waals surface area contributed by atoms with Gasteiger partial charge in [-0.05, 0) is 35.0 Å². The molecule has 0 spiro atoms. The normalized spacial score (nSPS) is 11.2. The molecular weight excluding hydrogens is 295 g/mol. The first kappa shape index (κ1) is 15.2. The standard InChI is InChI=1S/C10H13BrN2O2.ClH/c1-6(12)10(14)13-9-5-7(15-2)3-4-8(9)11;/h3-6H,12H2,1-2H3,(H,13,14);1H/t6-;/m0./s1. The summed E-state index contributed by atoms with van der Waals surface area (Å²) in [6.07, 6.45) is 0. The van der Waals surface area contributed by atoms with Gasteiger partial charge in [0.1, 0.15) is 5.75 Å². The van der Waals surface area contributed by atoms with Crippen LogP contribution in [0.2, 0.25) is 0 Å². The fourth-order valence-corrected chi connectivity index (χ4v) is 1.32. The maximum Gasteiger partial charge on any atom is 0.241 e. The number of nitrogens with one attached hydrogen (secondary N) is 1. The maximum atomic E-state index is 11.4. The van der Waals surface area contributed by atoms with Crippen molar-refractivity contribution in [1.29, 1.82) is 0 Å². The maximum absolute atomic E-state index is 11.4. The van der Waals surface area contributed by atoms with Crippen LogP contribution in [-0.2, 0) is 4.79 Å². The predicted octanol–water partition coefficient (Wildman–Crippen LogP) is 2.17. The molecule has 0 heterocycles. The van der Waals surface area contributed by atoms with E-state index in [-0.39, 0.29) is 18.3 Å². The Balaban J connectivity index is 0.00000225. The lowest BCUT2D eigenvalue weighted by Crippen LogP contribution is -2.32. The summed E-state index contributed by atoms with van der Waals surface area (Å²) >= 11 is 3.33. The van der Waals surface area contributed by atoms with Crippen molar-refractivity contribution in [2.75, 3.05) is 12.4 Å². The second-order valence-corrected chi connectivity index (χ2v) is 3.98. The van der Waals surface area contributed by atoms with E-state index in [1.165, 1.54) is 0 Å². The van der Waals surface area contributed by atoms with E-state index in [0.717, 1.165) is 4.47 Å². The lowest BCUT2D eigenvalue weighted by Gasteiger charge is -2.10. The number of benzene rings is 1. The molecule has 1 rings (SSSR count). The molecule has 0 aliphatic carbocycles. The average Bonchev–Trinajstić information content (AvgIpc) is 2.21. The average molecular weight is 310 g/mol. The SMILES string of the molecule is COc1ccc(Br)c(NC(=O)[C@H](C)N)c1.Cl. The molecular formula is C10H14BrClN2O2. The van der Waals surface area contributed by atoms with E-state index < -0.39 is 6.04 Å². The third-order valence-electron chi connectivity index (χ3n) is 1.84. The zero-order valence-electron chi connectivity index (χ0n) is 8.99. The van der Waals surface area contributed by atoms with Crippen LogP contribution >= 0.6 is 28.3 Å². The van der Waals surface area contributed by atoms with Crippen LogP contribution in [0.3, 0.4) is 0 Å². The van der Waals surface area contributed by atoms with Crippen LogP contribution in [0.5, 0.6) is 5.75 Å². The van der Waals surface area contributed by atoms with Gasteiger partial charge in [-0.15, -0.1) is 12.4 Å². The van der Waals surface area contributed by atoms with Crippen LogP contribution < -0.4 is 15.8 Å². The Morgan fingerprint density at radius 3 is 2.69 bits per heavy atom. The van der Waals surface area contributed by atoms with Crippen molar-refractivity contribution in [1.82, 2.24) is 0 Å². The van der Waals surface area contributed by atoms with Crippen molar-refractivity contribution in [2.24, 2.45) is 5.73 Å². The van der Waals surface area contributed by atoms with E-state index >= 15 is 0 Å². The number of halogens is 2. The first-order valence-corrected chi connectivity index (χ1v) is 5.24. The smallest absolute Gasteiger partial charge is 0.241 e. The first-order chi connectivity index (χ1) is 7.04. The summed E-state index contributed by atoms with van der Waals surface area (Å²) in [6.45, 7) is 1.63. The zero-order chi connectivity index (χ0) is 11.4. The molecule has 0 bridgehead atoms. The summed E-state index contributed by atoms with van der Waals surface area (Å²) in [5.74, 6) is 0.446. The van der Waals surface area contributed by atoms with E-state index in [0.29, 0.717) is 11.4 Å². The molecule has 0 aliphatic heterocycles. The Kier molecular flexibility index (Phi) is 6.40. The molecule has 0 fully saturated rings. The number of amides is 1. The van der Waals surface area contributed by atoms with Gasteiger partial charge in [-0.25, -0.2) is 0 Å². The molecule has 1 aromatic carbocycles. The number of carbonyl (C=O) groups is 1. The molecule has 6 heteroatoms. The second-order valence-electron chi connectivity index (χ2n) is 3.12. The fourth-order valence-electron chi connectivity index (χ4n) is 0.974. The van der Waals surface area contributed by atoms with E-state index in [1.54, 1.807) is 32.2 Å². The lowest BCUT2D eigenvalue weighted by molar-refractivity contribution is -0.117. The monoisotopic (exact) mass is 308 g/mol. The van der Waals surface area contributed by atoms with Crippen LogP contribution in [0, 0.1) is 0 Å². The van der Waals surface area contributed by atoms with Crippen molar-refractivity contribution < 1.29 is 9.53 Å². The quantitative estimate of drug-likeness (QED) is 0.899. The molecule has 90 valence electrons. The van der Waals surface area contributed by atoms with Gasteiger partial charge >= 0.3 is 0 Å². The number of rotatable bonds is 3. The second kappa shape index (κ2) is 6.73. The van der Waals surface area contributed by atoms with Crippen LogP contribution in [0.15, 0.2) is 22.7 Å². The van der Waals surface area contributed by atoms with E-state index in [9.17, 15) is 4.79 Å². The highest BCUT2D eigenvalue weighted by atomic mass is 79.9.